The summed E-state index contributed by atoms with van der Waals surface area (Å²) in [6, 6.07) is 8.05. The Labute approximate surface area is 97.4 Å². The third-order valence-corrected chi connectivity index (χ3v) is 2.60. The Hall–Kier alpha value is -1.06. The number of benzene rings is 1. The molecule has 1 aromatic carbocycles. The van der Waals surface area contributed by atoms with Gasteiger partial charge in [-0.2, -0.15) is 0 Å². The van der Waals surface area contributed by atoms with E-state index < -0.39 is 0 Å². The van der Waals surface area contributed by atoms with E-state index in [4.69, 9.17) is 9.84 Å². The summed E-state index contributed by atoms with van der Waals surface area (Å²) < 4.78 is 5.10. The molecule has 2 N–H and O–H groups in total. The van der Waals surface area contributed by atoms with Crippen LogP contribution in [0.3, 0.4) is 0 Å². The fourth-order valence-corrected chi connectivity index (χ4v) is 1.53. The lowest BCUT2D eigenvalue weighted by molar-refractivity contribution is 0.260. The van der Waals surface area contributed by atoms with Gasteiger partial charge in [-0.05, 0) is 36.6 Å². The van der Waals surface area contributed by atoms with Gasteiger partial charge in [0.2, 0.25) is 0 Å². The molecule has 0 fully saturated rings. The van der Waals surface area contributed by atoms with E-state index in [0.717, 1.165) is 25.3 Å². The molecule has 0 aliphatic heterocycles. The molecule has 0 spiro atoms. The highest BCUT2D eigenvalue weighted by atomic mass is 16.5. The molecule has 0 aliphatic carbocycles. The Kier molecular flexibility index (Phi) is 5.90. The number of hydrogen-bond donors (Lipinski definition) is 2. The number of methoxy groups -OCH3 is 1. The van der Waals surface area contributed by atoms with Crippen LogP contribution in [0.15, 0.2) is 24.3 Å². The maximum atomic E-state index is 8.77. The lowest BCUT2D eigenvalue weighted by Crippen LogP contribution is -2.21. The van der Waals surface area contributed by atoms with Crippen molar-refractivity contribution in [2.45, 2.75) is 19.9 Å². The molecule has 0 saturated heterocycles. The summed E-state index contributed by atoms with van der Waals surface area (Å²) >= 11 is 0. The first-order chi connectivity index (χ1) is 7.76. The van der Waals surface area contributed by atoms with E-state index in [-0.39, 0.29) is 6.61 Å². The molecule has 16 heavy (non-hydrogen) atoms. The standard InChI is InChI=1S/C13H21NO2/c1-11(7-8-15)9-14-10-12-3-5-13(16-2)6-4-12/h3-6,11,14-15H,7-10H2,1-2H3. The lowest BCUT2D eigenvalue weighted by Gasteiger charge is -2.11. The fraction of sp³-hybridized carbons (Fsp3) is 0.538. The summed E-state index contributed by atoms with van der Waals surface area (Å²) in [6.07, 6.45) is 0.857. The molecule has 0 radical (unpaired) electrons. The summed E-state index contributed by atoms with van der Waals surface area (Å²) in [6.45, 7) is 4.20. The monoisotopic (exact) mass is 223 g/mol. The second-order valence-electron chi connectivity index (χ2n) is 4.10. The summed E-state index contributed by atoms with van der Waals surface area (Å²) in [5, 5.41) is 12.1. The van der Waals surface area contributed by atoms with E-state index in [2.05, 4.69) is 24.4 Å². The van der Waals surface area contributed by atoms with Gasteiger partial charge in [-0.3, -0.25) is 0 Å². The van der Waals surface area contributed by atoms with E-state index in [0.29, 0.717) is 5.92 Å². The van der Waals surface area contributed by atoms with Gasteiger partial charge in [-0.1, -0.05) is 19.1 Å². The van der Waals surface area contributed by atoms with Crippen molar-refractivity contribution >= 4 is 0 Å². The van der Waals surface area contributed by atoms with Crippen LogP contribution in [0.25, 0.3) is 0 Å². The van der Waals surface area contributed by atoms with Gasteiger partial charge >= 0.3 is 0 Å². The van der Waals surface area contributed by atoms with E-state index in [1.165, 1.54) is 5.56 Å². The van der Waals surface area contributed by atoms with Crippen LogP contribution in [0.1, 0.15) is 18.9 Å². The van der Waals surface area contributed by atoms with Gasteiger partial charge in [0.25, 0.3) is 0 Å². The molecule has 0 heterocycles. The molecule has 1 rings (SSSR count). The van der Waals surface area contributed by atoms with Gasteiger partial charge in [0.1, 0.15) is 5.75 Å². The minimum atomic E-state index is 0.269. The lowest BCUT2D eigenvalue weighted by atomic mass is 10.1. The third-order valence-electron chi connectivity index (χ3n) is 2.60. The fourth-order valence-electron chi connectivity index (χ4n) is 1.53. The van der Waals surface area contributed by atoms with Crippen LogP contribution in [-0.4, -0.2) is 25.4 Å². The third kappa shape index (κ3) is 4.64. The Morgan fingerprint density at radius 1 is 1.31 bits per heavy atom. The van der Waals surface area contributed by atoms with E-state index >= 15 is 0 Å². The molecule has 1 atom stereocenters. The van der Waals surface area contributed by atoms with Crippen LogP contribution in [0.2, 0.25) is 0 Å². The molecule has 90 valence electrons. The van der Waals surface area contributed by atoms with Crippen molar-refractivity contribution in [1.29, 1.82) is 0 Å². The number of rotatable bonds is 7. The van der Waals surface area contributed by atoms with Crippen molar-refractivity contribution in [1.82, 2.24) is 5.32 Å². The Bertz CT molecular complexity index is 284. The minimum Gasteiger partial charge on any atom is -0.497 e. The van der Waals surface area contributed by atoms with Crippen molar-refractivity contribution in [2.24, 2.45) is 5.92 Å². The summed E-state index contributed by atoms with van der Waals surface area (Å²) in [5.41, 5.74) is 1.25. The van der Waals surface area contributed by atoms with Crippen LogP contribution >= 0.6 is 0 Å². The Morgan fingerprint density at radius 2 is 2.00 bits per heavy atom. The smallest absolute Gasteiger partial charge is 0.118 e. The zero-order valence-electron chi connectivity index (χ0n) is 10.1. The van der Waals surface area contributed by atoms with E-state index in [1.54, 1.807) is 7.11 Å². The van der Waals surface area contributed by atoms with Crippen LogP contribution in [-0.2, 0) is 6.54 Å². The van der Waals surface area contributed by atoms with Crippen LogP contribution in [0.4, 0.5) is 0 Å². The normalized spacial score (nSPS) is 12.4. The highest BCUT2D eigenvalue weighted by Gasteiger charge is 2.00. The number of aliphatic hydroxyl groups excluding tert-OH is 1. The predicted octanol–water partition coefficient (Wildman–Crippen LogP) is 1.80. The minimum absolute atomic E-state index is 0.269. The molecular weight excluding hydrogens is 202 g/mol. The van der Waals surface area contributed by atoms with Gasteiger partial charge < -0.3 is 15.2 Å². The van der Waals surface area contributed by atoms with Gasteiger partial charge in [-0.25, -0.2) is 0 Å². The average molecular weight is 223 g/mol. The van der Waals surface area contributed by atoms with Gasteiger partial charge in [0.05, 0.1) is 7.11 Å². The zero-order chi connectivity index (χ0) is 11.8. The predicted molar refractivity (Wildman–Crippen MR) is 65.6 cm³/mol. The molecule has 3 heteroatoms. The molecule has 3 nitrogen and oxygen atoms in total. The number of hydrogen-bond acceptors (Lipinski definition) is 3. The first kappa shape index (κ1) is 13.0. The number of ether oxygens (including phenoxy) is 1. The summed E-state index contributed by atoms with van der Waals surface area (Å²) in [4.78, 5) is 0. The van der Waals surface area contributed by atoms with E-state index in [9.17, 15) is 0 Å². The summed E-state index contributed by atoms with van der Waals surface area (Å²) in [7, 11) is 1.67. The van der Waals surface area contributed by atoms with Crippen LogP contribution in [0, 0.1) is 5.92 Å². The highest BCUT2D eigenvalue weighted by molar-refractivity contribution is 5.26. The molecule has 0 bridgehead atoms. The molecule has 1 unspecified atom stereocenters. The largest absolute Gasteiger partial charge is 0.497 e. The van der Waals surface area contributed by atoms with Crippen molar-refractivity contribution in [3.63, 3.8) is 0 Å². The molecular formula is C13H21NO2. The molecule has 0 aliphatic rings. The first-order valence-electron chi connectivity index (χ1n) is 5.70. The zero-order valence-corrected chi connectivity index (χ0v) is 10.1. The van der Waals surface area contributed by atoms with Gasteiger partial charge in [-0.15, -0.1) is 0 Å². The molecule has 0 amide bonds. The first-order valence-corrected chi connectivity index (χ1v) is 5.70. The van der Waals surface area contributed by atoms with Crippen molar-refractivity contribution in [3.8, 4) is 5.75 Å². The SMILES string of the molecule is COc1ccc(CNCC(C)CCO)cc1. The molecule has 1 aromatic rings. The Morgan fingerprint density at radius 3 is 2.56 bits per heavy atom. The second-order valence-corrected chi connectivity index (χ2v) is 4.10. The van der Waals surface area contributed by atoms with Crippen molar-refractivity contribution < 1.29 is 9.84 Å². The van der Waals surface area contributed by atoms with Gasteiger partial charge in [0, 0.05) is 13.2 Å². The topological polar surface area (TPSA) is 41.5 Å². The van der Waals surface area contributed by atoms with Crippen molar-refractivity contribution in [3.05, 3.63) is 29.8 Å². The number of aliphatic hydroxyl groups is 1. The second kappa shape index (κ2) is 7.25. The summed E-state index contributed by atoms with van der Waals surface area (Å²) in [5.74, 6) is 1.40. The maximum Gasteiger partial charge on any atom is 0.118 e. The van der Waals surface area contributed by atoms with Crippen LogP contribution < -0.4 is 10.1 Å². The quantitative estimate of drug-likeness (QED) is 0.740. The Balaban J connectivity index is 2.26. The van der Waals surface area contributed by atoms with E-state index in [1.807, 2.05) is 12.1 Å². The average Bonchev–Trinajstić information content (AvgIpc) is 2.30. The van der Waals surface area contributed by atoms with Crippen LogP contribution in [0.5, 0.6) is 5.75 Å². The molecule has 0 aromatic heterocycles. The van der Waals surface area contributed by atoms with Crippen molar-refractivity contribution in [2.75, 3.05) is 20.3 Å². The van der Waals surface area contributed by atoms with Gasteiger partial charge in [0.15, 0.2) is 0 Å². The maximum absolute atomic E-state index is 8.77. The highest BCUT2D eigenvalue weighted by Crippen LogP contribution is 2.11. The number of nitrogens with one attached hydrogen (secondary N) is 1. The molecule has 0 saturated carbocycles.